The molecule has 0 aliphatic carbocycles. The Balaban J connectivity index is 1.89. The van der Waals surface area contributed by atoms with Crippen LogP contribution < -0.4 is 4.90 Å². The highest BCUT2D eigenvalue weighted by molar-refractivity contribution is 9.08. The molecule has 0 aliphatic rings. The standard InChI is InChI=1S/C14H13BrClN3S/c1-18(9-10-2-4-11(16)5-3-10)13-12(8-15)19-6-7-20-14(19)17-13/h2-7H,8-9H2,1H3. The van der Waals surface area contributed by atoms with Gasteiger partial charge in [0.05, 0.1) is 5.69 Å². The number of thiazole rings is 1. The van der Waals surface area contributed by atoms with Gasteiger partial charge in [-0.25, -0.2) is 4.98 Å². The Kier molecular flexibility index (Phi) is 4.01. The first-order valence-electron chi connectivity index (χ1n) is 6.15. The van der Waals surface area contributed by atoms with E-state index in [-0.39, 0.29) is 0 Å². The average Bonchev–Trinajstić information content (AvgIpc) is 3.01. The fourth-order valence-electron chi connectivity index (χ4n) is 2.19. The van der Waals surface area contributed by atoms with E-state index in [9.17, 15) is 0 Å². The minimum atomic E-state index is 0.764. The molecule has 6 heteroatoms. The third kappa shape index (κ3) is 2.57. The van der Waals surface area contributed by atoms with Crippen LogP contribution in [0.25, 0.3) is 4.96 Å². The molecule has 0 fully saturated rings. The summed E-state index contributed by atoms with van der Waals surface area (Å²) in [6.07, 6.45) is 2.06. The number of halogens is 2. The van der Waals surface area contributed by atoms with Gasteiger partial charge in [-0.2, -0.15) is 0 Å². The minimum absolute atomic E-state index is 0.764. The van der Waals surface area contributed by atoms with Crippen molar-refractivity contribution in [3.8, 4) is 0 Å². The number of benzene rings is 1. The molecule has 0 bridgehead atoms. The number of fused-ring (bicyclic) bond motifs is 1. The van der Waals surface area contributed by atoms with E-state index in [2.05, 4.69) is 43.9 Å². The normalized spacial score (nSPS) is 11.2. The molecule has 2 aromatic heterocycles. The summed E-state index contributed by atoms with van der Waals surface area (Å²) in [5.41, 5.74) is 2.39. The summed E-state index contributed by atoms with van der Waals surface area (Å²) in [6.45, 7) is 0.808. The number of rotatable bonds is 4. The molecule has 0 aliphatic heterocycles. The van der Waals surface area contributed by atoms with Gasteiger partial charge in [-0.15, -0.1) is 11.3 Å². The van der Waals surface area contributed by atoms with Gasteiger partial charge < -0.3 is 4.90 Å². The zero-order valence-electron chi connectivity index (χ0n) is 10.9. The summed E-state index contributed by atoms with van der Waals surface area (Å²) in [5, 5.41) is 3.60. The molecule has 1 aromatic carbocycles. The van der Waals surface area contributed by atoms with Crippen molar-refractivity contribution in [2.45, 2.75) is 11.9 Å². The van der Waals surface area contributed by atoms with Crippen LogP contribution in [0.5, 0.6) is 0 Å². The van der Waals surface area contributed by atoms with Crippen LogP contribution >= 0.6 is 38.9 Å². The maximum absolute atomic E-state index is 5.92. The maximum atomic E-state index is 5.92. The first-order chi connectivity index (χ1) is 9.69. The smallest absolute Gasteiger partial charge is 0.195 e. The lowest BCUT2D eigenvalue weighted by atomic mass is 10.2. The largest absolute Gasteiger partial charge is 0.354 e. The van der Waals surface area contributed by atoms with Crippen LogP contribution in [0, 0.1) is 0 Å². The lowest BCUT2D eigenvalue weighted by Gasteiger charge is -2.18. The van der Waals surface area contributed by atoms with Gasteiger partial charge in [0.1, 0.15) is 0 Å². The first-order valence-corrected chi connectivity index (χ1v) is 8.53. The molecular formula is C14H13BrClN3S. The van der Waals surface area contributed by atoms with E-state index in [4.69, 9.17) is 16.6 Å². The summed E-state index contributed by atoms with van der Waals surface area (Å²) in [6, 6.07) is 7.93. The van der Waals surface area contributed by atoms with Crippen molar-refractivity contribution in [1.29, 1.82) is 0 Å². The van der Waals surface area contributed by atoms with E-state index in [0.29, 0.717) is 0 Å². The van der Waals surface area contributed by atoms with Gasteiger partial charge in [-0.3, -0.25) is 4.40 Å². The lowest BCUT2D eigenvalue weighted by molar-refractivity contribution is 0.895. The Hall–Kier alpha value is -1.04. The van der Waals surface area contributed by atoms with Gasteiger partial charge in [0, 0.05) is 35.5 Å². The average molecular weight is 371 g/mol. The number of alkyl halides is 1. The number of nitrogens with zero attached hydrogens (tertiary/aromatic N) is 3. The number of anilines is 1. The fourth-order valence-corrected chi connectivity index (χ4v) is 3.56. The molecule has 20 heavy (non-hydrogen) atoms. The number of hydrogen-bond donors (Lipinski definition) is 0. The molecule has 0 unspecified atom stereocenters. The Morgan fingerprint density at radius 3 is 2.80 bits per heavy atom. The lowest BCUT2D eigenvalue weighted by Crippen LogP contribution is -2.18. The highest BCUT2D eigenvalue weighted by Crippen LogP contribution is 2.26. The Bertz CT molecular complexity index is 720. The van der Waals surface area contributed by atoms with Gasteiger partial charge in [-0.1, -0.05) is 39.7 Å². The molecule has 0 spiro atoms. The van der Waals surface area contributed by atoms with Crippen LogP contribution in [0.3, 0.4) is 0 Å². The monoisotopic (exact) mass is 369 g/mol. The fraction of sp³-hybridized carbons (Fsp3) is 0.214. The first kappa shape index (κ1) is 13.9. The van der Waals surface area contributed by atoms with Crippen molar-refractivity contribution in [2.75, 3.05) is 11.9 Å². The maximum Gasteiger partial charge on any atom is 0.195 e. The topological polar surface area (TPSA) is 20.5 Å². The van der Waals surface area contributed by atoms with Gasteiger partial charge >= 0.3 is 0 Å². The van der Waals surface area contributed by atoms with Crippen molar-refractivity contribution in [1.82, 2.24) is 9.38 Å². The highest BCUT2D eigenvalue weighted by Gasteiger charge is 2.15. The van der Waals surface area contributed by atoms with E-state index < -0.39 is 0 Å². The minimum Gasteiger partial charge on any atom is -0.354 e. The summed E-state index contributed by atoms with van der Waals surface area (Å²) in [5.74, 6) is 1.02. The summed E-state index contributed by atoms with van der Waals surface area (Å²) in [7, 11) is 2.06. The molecule has 104 valence electrons. The predicted molar refractivity (Wildman–Crippen MR) is 89.3 cm³/mol. The van der Waals surface area contributed by atoms with Crippen molar-refractivity contribution >= 4 is 49.6 Å². The Labute approximate surface area is 134 Å². The van der Waals surface area contributed by atoms with Crippen molar-refractivity contribution < 1.29 is 0 Å². The van der Waals surface area contributed by atoms with E-state index >= 15 is 0 Å². The van der Waals surface area contributed by atoms with E-state index in [1.165, 1.54) is 11.3 Å². The van der Waals surface area contributed by atoms with E-state index in [1.54, 1.807) is 11.3 Å². The third-order valence-electron chi connectivity index (χ3n) is 3.16. The van der Waals surface area contributed by atoms with Crippen LogP contribution in [-0.4, -0.2) is 16.4 Å². The van der Waals surface area contributed by atoms with Crippen LogP contribution in [0.1, 0.15) is 11.3 Å². The Morgan fingerprint density at radius 1 is 1.35 bits per heavy atom. The van der Waals surface area contributed by atoms with E-state index in [1.807, 2.05) is 24.3 Å². The third-order valence-corrected chi connectivity index (χ3v) is 4.70. The summed E-state index contributed by atoms with van der Waals surface area (Å²) in [4.78, 5) is 7.90. The molecular weight excluding hydrogens is 358 g/mol. The second kappa shape index (κ2) is 5.76. The van der Waals surface area contributed by atoms with Gasteiger partial charge in [-0.05, 0) is 17.7 Å². The second-order valence-electron chi connectivity index (χ2n) is 4.55. The molecule has 3 nitrogen and oxygen atoms in total. The quantitative estimate of drug-likeness (QED) is 0.627. The highest BCUT2D eigenvalue weighted by atomic mass is 79.9. The summed E-state index contributed by atoms with van der Waals surface area (Å²) >= 11 is 11.1. The summed E-state index contributed by atoms with van der Waals surface area (Å²) < 4.78 is 2.13. The number of aromatic nitrogens is 2. The zero-order chi connectivity index (χ0) is 14.1. The molecule has 0 amide bonds. The molecule has 3 aromatic rings. The van der Waals surface area contributed by atoms with Gasteiger partial charge in [0.25, 0.3) is 0 Å². The molecule has 0 saturated heterocycles. The molecule has 0 N–H and O–H groups in total. The number of imidazole rings is 1. The van der Waals surface area contributed by atoms with Crippen LogP contribution in [-0.2, 0) is 11.9 Å². The van der Waals surface area contributed by atoms with Crippen LogP contribution in [0.4, 0.5) is 5.82 Å². The van der Waals surface area contributed by atoms with Crippen molar-refractivity contribution in [3.05, 3.63) is 52.1 Å². The number of hydrogen-bond acceptors (Lipinski definition) is 3. The second-order valence-corrected chi connectivity index (χ2v) is 6.42. The van der Waals surface area contributed by atoms with E-state index in [0.717, 1.165) is 27.7 Å². The van der Waals surface area contributed by atoms with Crippen molar-refractivity contribution in [2.24, 2.45) is 0 Å². The molecule has 0 saturated carbocycles. The predicted octanol–water partition coefficient (Wildman–Crippen LogP) is 4.58. The Morgan fingerprint density at radius 2 is 2.10 bits per heavy atom. The van der Waals surface area contributed by atoms with Gasteiger partial charge in [0.15, 0.2) is 10.8 Å². The molecule has 0 radical (unpaired) electrons. The molecule has 0 atom stereocenters. The van der Waals surface area contributed by atoms with Crippen LogP contribution in [0.15, 0.2) is 35.8 Å². The van der Waals surface area contributed by atoms with Gasteiger partial charge in [0.2, 0.25) is 0 Å². The molecule has 3 rings (SSSR count). The van der Waals surface area contributed by atoms with Crippen LogP contribution in [0.2, 0.25) is 5.02 Å². The van der Waals surface area contributed by atoms with Crippen molar-refractivity contribution in [3.63, 3.8) is 0 Å². The molecule has 2 heterocycles. The SMILES string of the molecule is CN(Cc1ccc(Cl)cc1)c1nc2sccn2c1CBr. The zero-order valence-corrected chi connectivity index (χ0v) is 14.0.